The number of pyridine rings is 1. The summed E-state index contributed by atoms with van der Waals surface area (Å²) in [6.45, 7) is 5.76. The fourth-order valence-electron chi connectivity index (χ4n) is 2.09. The van der Waals surface area contributed by atoms with Crippen LogP contribution in [0.4, 0.5) is 5.82 Å². The number of ether oxygens (including phenoxy) is 1. The molecule has 2 aliphatic rings. The van der Waals surface area contributed by atoms with E-state index in [2.05, 4.69) is 28.0 Å². The fourth-order valence-corrected chi connectivity index (χ4v) is 2.27. The zero-order valence-electron chi connectivity index (χ0n) is 10.2. The summed E-state index contributed by atoms with van der Waals surface area (Å²) in [5.74, 6) is 1.88. The molecule has 98 valence electrons. The number of hydrogen-bond acceptors (Lipinski definition) is 6. The molecule has 2 aliphatic heterocycles. The first-order valence-corrected chi connectivity index (χ1v) is 6.73. The maximum absolute atomic E-state index is 5.75. The van der Waals surface area contributed by atoms with Crippen LogP contribution in [0.5, 0.6) is 5.75 Å². The highest BCUT2D eigenvalue weighted by Crippen LogP contribution is 2.19. The highest BCUT2D eigenvalue weighted by Gasteiger charge is 2.19. The van der Waals surface area contributed by atoms with Gasteiger partial charge in [0.15, 0.2) is 0 Å². The van der Waals surface area contributed by atoms with Gasteiger partial charge < -0.3 is 15.0 Å². The minimum absolute atomic E-state index is 0.311. The monoisotopic (exact) mass is 266 g/mol. The zero-order valence-corrected chi connectivity index (χ0v) is 11.1. The number of rotatable bonds is 3. The first-order valence-electron chi connectivity index (χ1n) is 6.33. The smallest absolute Gasteiger partial charge is 0.138 e. The van der Waals surface area contributed by atoms with Crippen LogP contribution in [0.25, 0.3) is 0 Å². The van der Waals surface area contributed by atoms with E-state index in [1.165, 1.54) is 0 Å². The first-order chi connectivity index (χ1) is 8.81. The SMILES string of the molecule is SN1CCN(c2ccc(OC3CNC3)cn2)CC1. The minimum atomic E-state index is 0.311. The third-order valence-corrected chi connectivity index (χ3v) is 3.75. The maximum atomic E-state index is 5.75. The van der Waals surface area contributed by atoms with Crippen molar-refractivity contribution in [1.82, 2.24) is 14.6 Å². The van der Waals surface area contributed by atoms with E-state index in [0.717, 1.165) is 50.8 Å². The predicted molar refractivity (Wildman–Crippen MR) is 74.3 cm³/mol. The number of nitrogens with zero attached hydrogens (tertiary/aromatic N) is 3. The van der Waals surface area contributed by atoms with E-state index in [4.69, 9.17) is 4.74 Å². The molecule has 2 fully saturated rings. The van der Waals surface area contributed by atoms with E-state index in [9.17, 15) is 0 Å². The molecule has 6 heteroatoms. The molecule has 2 saturated heterocycles. The largest absolute Gasteiger partial charge is 0.486 e. The number of piperazine rings is 1. The van der Waals surface area contributed by atoms with Gasteiger partial charge in [-0.25, -0.2) is 9.29 Å². The van der Waals surface area contributed by atoms with E-state index in [1.54, 1.807) is 0 Å². The number of anilines is 1. The van der Waals surface area contributed by atoms with Gasteiger partial charge in [0, 0.05) is 39.3 Å². The van der Waals surface area contributed by atoms with Crippen molar-refractivity contribution in [2.24, 2.45) is 0 Å². The van der Waals surface area contributed by atoms with Crippen molar-refractivity contribution in [2.75, 3.05) is 44.2 Å². The van der Waals surface area contributed by atoms with Crippen LogP contribution in [-0.4, -0.2) is 54.7 Å². The molecule has 1 aromatic heterocycles. The molecule has 0 bridgehead atoms. The number of nitrogens with one attached hydrogen (secondary N) is 1. The van der Waals surface area contributed by atoms with E-state index in [-0.39, 0.29) is 0 Å². The maximum Gasteiger partial charge on any atom is 0.138 e. The van der Waals surface area contributed by atoms with Crippen molar-refractivity contribution in [2.45, 2.75) is 6.10 Å². The standard InChI is InChI=1S/C12H18N4OS/c18-16-5-3-15(4-6-16)12-2-1-10(9-14-12)17-11-7-13-8-11/h1-2,9,11,13,18H,3-8H2. The third kappa shape index (κ3) is 2.71. The summed E-state index contributed by atoms with van der Waals surface area (Å²) in [7, 11) is 0. The topological polar surface area (TPSA) is 40.6 Å². The van der Waals surface area contributed by atoms with Crippen LogP contribution in [0.1, 0.15) is 0 Å². The van der Waals surface area contributed by atoms with Crippen LogP contribution in [0.3, 0.4) is 0 Å². The second-order valence-electron chi connectivity index (χ2n) is 4.69. The number of thiol groups is 1. The van der Waals surface area contributed by atoms with E-state index in [0.29, 0.717) is 6.10 Å². The van der Waals surface area contributed by atoms with Crippen LogP contribution in [0, 0.1) is 0 Å². The second kappa shape index (κ2) is 5.34. The molecule has 1 N–H and O–H groups in total. The van der Waals surface area contributed by atoms with Gasteiger partial charge in [-0.15, -0.1) is 0 Å². The molecular formula is C12H18N4OS. The Balaban J connectivity index is 1.59. The van der Waals surface area contributed by atoms with Gasteiger partial charge in [-0.1, -0.05) is 12.8 Å². The molecule has 0 aromatic carbocycles. The lowest BCUT2D eigenvalue weighted by Crippen LogP contribution is -2.50. The van der Waals surface area contributed by atoms with E-state index < -0.39 is 0 Å². The Hall–Kier alpha value is -0.980. The zero-order chi connectivity index (χ0) is 12.4. The highest BCUT2D eigenvalue weighted by atomic mass is 32.1. The predicted octanol–water partition coefficient (Wildman–Crippen LogP) is 0.399. The van der Waals surface area contributed by atoms with Crippen molar-refractivity contribution >= 4 is 18.6 Å². The van der Waals surface area contributed by atoms with Gasteiger partial charge in [-0.3, -0.25) is 0 Å². The van der Waals surface area contributed by atoms with Crippen molar-refractivity contribution in [3.63, 3.8) is 0 Å². The molecule has 0 atom stereocenters. The second-order valence-corrected chi connectivity index (χ2v) is 5.26. The van der Waals surface area contributed by atoms with Gasteiger partial charge in [0.1, 0.15) is 17.7 Å². The molecule has 0 amide bonds. The Morgan fingerprint density at radius 2 is 2.00 bits per heavy atom. The average molecular weight is 266 g/mol. The number of hydrogen-bond donors (Lipinski definition) is 2. The molecule has 0 aliphatic carbocycles. The quantitative estimate of drug-likeness (QED) is 0.775. The van der Waals surface area contributed by atoms with Crippen molar-refractivity contribution in [3.05, 3.63) is 18.3 Å². The van der Waals surface area contributed by atoms with E-state index >= 15 is 0 Å². The minimum Gasteiger partial charge on any atom is -0.486 e. The van der Waals surface area contributed by atoms with Crippen molar-refractivity contribution in [1.29, 1.82) is 0 Å². The van der Waals surface area contributed by atoms with Crippen LogP contribution >= 0.6 is 12.8 Å². The first kappa shape index (κ1) is 12.1. The summed E-state index contributed by atoms with van der Waals surface area (Å²) in [6, 6.07) is 4.04. The molecule has 3 heterocycles. The molecule has 18 heavy (non-hydrogen) atoms. The van der Waals surface area contributed by atoms with Gasteiger partial charge in [0.05, 0.1) is 6.20 Å². The Labute approximate surface area is 113 Å². The summed E-state index contributed by atoms with van der Waals surface area (Å²) in [5.41, 5.74) is 0. The molecule has 0 radical (unpaired) electrons. The van der Waals surface area contributed by atoms with Crippen LogP contribution in [-0.2, 0) is 0 Å². The molecule has 5 nitrogen and oxygen atoms in total. The van der Waals surface area contributed by atoms with Gasteiger partial charge in [0.2, 0.25) is 0 Å². The Kier molecular flexibility index (Phi) is 3.58. The van der Waals surface area contributed by atoms with Gasteiger partial charge in [-0.2, -0.15) is 0 Å². The van der Waals surface area contributed by atoms with Crippen molar-refractivity contribution in [3.8, 4) is 5.75 Å². The average Bonchev–Trinajstić information content (AvgIpc) is 2.36. The summed E-state index contributed by atoms with van der Waals surface area (Å²) >= 11 is 4.35. The normalized spacial score (nSPS) is 21.7. The molecule has 3 rings (SSSR count). The van der Waals surface area contributed by atoms with Crippen LogP contribution < -0.4 is 15.0 Å². The third-order valence-electron chi connectivity index (χ3n) is 3.35. The van der Waals surface area contributed by atoms with Gasteiger partial charge in [-0.05, 0) is 12.1 Å². The number of aromatic nitrogens is 1. The molecule has 0 saturated carbocycles. The highest BCUT2D eigenvalue weighted by molar-refractivity contribution is 7.77. The molecular weight excluding hydrogens is 248 g/mol. The lowest BCUT2D eigenvalue weighted by Gasteiger charge is -2.32. The summed E-state index contributed by atoms with van der Waals surface area (Å²) in [4.78, 5) is 6.76. The van der Waals surface area contributed by atoms with Gasteiger partial charge >= 0.3 is 0 Å². The van der Waals surface area contributed by atoms with Crippen LogP contribution in [0.2, 0.25) is 0 Å². The fraction of sp³-hybridized carbons (Fsp3) is 0.583. The summed E-state index contributed by atoms with van der Waals surface area (Å²) in [5, 5.41) is 3.18. The Morgan fingerprint density at radius 1 is 1.22 bits per heavy atom. The molecule has 0 spiro atoms. The molecule has 0 unspecified atom stereocenters. The Morgan fingerprint density at radius 3 is 2.56 bits per heavy atom. The van der Waals surface area contributed by atoms with E-state index in [1.807, 2.05) is 22.6 Å². The molecule has 1 aromatic rings. The summed E-state index contributed by atoms with van der Waals surface area (Å²) < 4.78 is 7.78. The van der Waals surface area contributed by atoms with Gasteiger partial charge in [0.25, 0.3) is 0 Å². The lowest BCUT2D eigenvalue weighted by molar-refractivity contribution is 0.142. The lowest BCUT2D eigenvalue weighted by atomic mass is 10.2. The van der Waals surface area contributed by atoms with Crippen LogP contribution in [0.15, 0.2) is 18.3 Å². The van der Waals surface area contributed by atoms with Crippen molar-refractivity contribution < 1.29 is 4.74 Å². The Bertz CT molecular complexity index is 388. The summed E-state index contributed by atoms with van der Waals surface area (Å²) in [6.07, 6.45) is 2.13.